The Labute approximate surface area is 118 Å². The van der Waals surface area contributed by atoms with Crippen molar-refractivity contribution in [1.82, 2.24) is 20.3 Å². The molecule has 1 aliphatic heterocycles. The predicted molar refractivity (Wildman–Crippen MR) is 76.6 cm³/mol. The summed E-state index contributed by atoms with van der Waals surface area (Å²) < 4.78 is 5.36. The molecule has 0 aliphatic carbocycles. The second-order valence-electron chi connectivity index (χ2n) is 5.15. The molecule has 1 aromatic heterocycles. The average molecular weight is 272 g/mol. The summed E-state index contributed by atoms with van der Waals surface area (Å²) in [6, 6.07) is 9.96. The van der Waals surface area contributed by atoms with Crippen molar-refractivity contribution in [2.75, 3.05) is 19.8 Å². The highest BCUT2D eigenvalue weighted by Gasteiger charge is 2.13. The fourth-order valence-corrected chi connectivity index (χ4v) is 2.42. The van der Waals surface area contributed by atoms with E-state index in [1.54, 1.807) is 4.80 Å². The zero-order valence-electron chi connectivity index (χ0n) is 11.5. The van der Waals surface area contributed by atoms with Crippen molar-refractivity contribution in [3.8, 4) is 5.69 Å². The van der Waals surface area contributed by atoms with E-state index in [4.69, 9.17) is 4.74 Å². The molecule has 1 aromatic carbocycles. The van der Waals surface area contributed by atoms with Crippen LogP contribution in [0.25, 0.3) is 5.69 Å². The van der Waals surface area contributed by atoms with Crippen molar-refractivity contribution in [2.45, 2.75) is 19.4 Å². The summed E-state index contributed by atoms with van der Waals surface area (Å²) in [7, 11) is 0. The monoisotopic (exact) mass is 272 g/mol. The lowest BCUT2D eigenvalue weighted by Gasteiger charge is -2.21. The van der Waals surface area contributed by atoms with Gasteiger partial charge in [-0.05, 0) is 37.4 Å². The summed E-state index contributed by atoms with van der Waals surface area (Å²) in [4.78, 5) is 1.67. The molecule has 0 amide bonds. The molecule has 0 spiro atoms. The van der Waals surface area contributed by atoms with Crippen molar-refractivity contribution in [1.29, 1.82) is 0 Å². The third-order valence-electron chi connectivity index (χ3n) is 3.61. The van der Waals surface area contributed by atoms with E-state index in [9.17, 15) is 0 Å². The van der Waals surface area contributed by atoms with E-state index in [1.165, 1.54) is 0 Å². The smallest absolute Gasteiger partial charge is 0.0969 e. The second kappa shape index (κ2) is 6.63. The summed E-state index contributed by atoms with van der Waals surface area (Å²) in [5, 5.41) is 12.2. The lowest BCUT2D eigenvalue weighted by atomic mass is 10.0. The Kier molecular flexibility index (Phi) is 4.40. The molecule has 5 heteroatoms. The van der Waals surface area contributed by atoms with E-state index in [2.05, 4.69) is 15.5 Å². The SMILES string of the molecule is c1ccc(-n2ncc(CNCC3CCOCC3)n2)cc1. The van der Waals surface area contributed by atoms with Crippen LogP contribution in [0.15, 0.2) is 36.5 Å². The largest absolute Gasteiger partial charge is 0.381 e. The quantitative estimate of drug-likeness (QED) is 0.901. The van der Waals surface area contributed by atoms with Gasteiger partial charge in [-0.3, -0.25) is 0 Å². The van der Waals surface area contributed by atoms with Gasteiger partial charge in [-0.25, -0.2) is 0 Å². The molecular weight excluding hydrogens is 252 g/mol. The zero-order chi connectivity index (χ0) is 13.6. The van der Waals surface area contributed by atoms with Gasteiger partial charge in [0.1, 0.15) is 0 Å². The highest BCUT2D eigenvalue weighted by Crippen LogP contribution is 2.13. The van der Waals surface area contributed by atoms with Crippen LogP contribution in [0.1, 0.15) is 18.5 Å². The molecule has 0 saturated carbocycles. The highest BCUT2D eigenvalue weighted by molar-refractivity contribution is 5.28. The van der Waals surface area contributed by atoms with Crippen molar-refractivity contribution >= 4 is 0 Å². The van der Waals surface area contributed by atoms with Crippen LogP contribution in [0.5, 0.6) is 0 Å². The maximum Gasteiger partial charge on any atom is 0.0969 e. The van der Waals surface area contributed by atoms with Crippen molar-refractivity contribution in [3.63, 3.8) is 0 Å². The lowest BCUT2D eigenvalue weighted by molar-refractivity contribution is 0.0662. The average Bonchev–Trinajstić information content (AvgIpc) is 2.98. The van der Waals surface area contributed by atoms with Crippen LogP contribution in [0.3, 0.4) is 0 Å². The fourth-order valence-electron chi connectivity index (χ4n) is 2.42. The molecule has 1 N–H and O–H groups in total. The number of hydrogen-bond donors (Lipinski definition) is 1. The Morgan fingerprint density at radius 2 is 2.00 bits per heavy atom. The number of para-hydroxylation sites is 1. The van der Waals surface area contributed by atoms with E-state index in [1.807, 2.05) is 36.5 Å². The van der Waals surface area contributed by atoms with Crippen molar-refractivity contribution in [3.05, 3.63) is 42.2 Å². The molecule has 0 bridgehead atoms. The molecular formula is C15H20N4O. The van der Waals surface area contributed by atoms with Crippen molar-refractivity contribution in [2.24, 2.45) is 5.92 Å². The molecule has 2 aromatic rings. The minimum Gasteiger partial charge on any atom is -0.381 e. The first kappa shape index (κ1) is 13.3. The first-order chi connectivity index (χ1) is 9.92. The fraction of sp³-hybridized carbons (Fsp3) is 0.467. The maximum absolute atomic E-state index is 5.36. The molecule has 1 saturated heterocycles. The van der Waals surface area contributed by atoms with Gasteiger partial charge in [0.25, 0.3) is 0 Å². The first-order valence-corrected chi connectivity index (χ1v) is 7.17. The van der Waals surface area contributed by atoms with Crippen LogP contribution in [0.4, 0.5) is 0 Å². The standard InChI is InChI=1S/C15H20N4O/c1-2-4-15(5-3-1)19-17-12-14(18-19)11-16-10-13-6-8-20-9-7-13/h1-5,12-13,16H,6-11H2. The molecule has 0 atom stereocenters. The van der Waals surface area contributed by atoms with E-state index in [0.717, 1.165) is 56.4 Å². The summed E-state index contributed by atoms with van der Waals surface area (Å²) in [6.45, 7) is 3.60. The topological polar surface area (TPSA) is 52.0 Å². The highest BCUT2D eigenvalue weighted by atomic mass is 16.5. The molecule has 2 heterocycles. The number of nitrogens with zero attached hydrogens (tertiary/aromatic N) is 3. The van der Waals surface area contributed by atoms with Gasteiger partial charge in [-0.2, -0.15) is 15.0 Å². The Bertz CT molecular complexity index is 520. The number of nitrogens with one attached hydrogen (secondary N) is 1. The van der Waals surface area contributed by atoms with Gasteiger partial charge in [0.05, 0.1) is 17.6 Å². The molecule has 5 nitrogen and oxygen atoms in total. The summed E-state index contributed by atoms with van der Waals surface area (Å²) in [5.74, 6) is 0.730. The third kappa shape index (κ3) is 3.43. The minimum absolute atomic E-state index is 0.730. The predicted octanol–water partition coefficient (Wildman–Crippen LogP) is 1.78. The van der Waals surface area contributed by atoms with Gasteiger partial charge >= 0.3 is 0 Å². The molecule has 0 radical (unpaired) electrons. The van der Waals surface area contributed by atoms with Crippen LogP contribution in [0.2, 0.25) is 0 Å². The summed E-state index contributed by atoms with van der Waals surface area (Å²) in [5.41, 5.74) is 1.96. The van der Waals surface area contributed by atoms with Gasteiger partial charge in [0.2, 0.25) is 0 Å². The normalized spacial score (nSPS) is 16.4. The molecule has 3 rings (SSSR count). The number of ether oxygens (including phenoxy) is 1. The van der Waals surface area contributed by atoms with Crippen LogP contribution < -0.4 is 5.32 Å². The molecule has 0 unspecified atom stereocenters. The van der Waals surface area contributed by atoms with E-state index in [-0.39, 0.29) is 0 Å². The number of hydrogen-bond acceptors (Lipinski definition) is 4. The van der Waals surface area contributed by atoms with Gasteiger partial charge in [-0.15, -0.1) is 0 Å². The van der Waals surface area contributed by atoms with E-state index >= 15 is 0 Å². The number of rotatable bonds is 5. The van der Waals surface area contributed by atoms with Crippen LogP contribution >= 0.6 is 0 Å². The van der Waals surface area contributed by atoms with Crippen LogP contribution in [0, 0.1) is 5.92 Å². The Morgan fingerprint density at radius 3 is 2.80 bits per heavy atom. The van der Waals surface area contributed by atoms with Gasteiger partial charge in [-0.1, -0.05) is 18.2 Å². The third-order valence-corrected chi connectivity index (χ3v) is 3.61. The Hall–Kier alpha value is -1.72. The zero-order valence-corrected chi connectivity index (χ0v) is 11.5. The maximum atomic E-state index is 5.36. The number of benzene rings is 1. The molecule has 106 valence electrons. The van der Waals surface area contributed by atoms with Crippen molar-refractivity contribution < 1.29 is 4.74 Å². The molecule has 1 aliphatic rings. The van der Waals surface area contributed by atoms with Gasteiger partial charge in [0.15, 0.2) is 0 Å². The molecule has 20 heavy (non-hydrogen) atoms. The lowest BCUT2D eigenvalue weighted by Crippen LogP contribution is -2.27. The second-order valence-corrected chi connectivity index (χ2v) is 5.15. The van der Waals surface area contributed by atoms with Crippen LogP contribution in [-0.4, -0.2) is 34.8 Å². The van der Waals surface area contributed by atoms with Gasteiger partial charge < -0.3 is 10.1 Å². The van der Waals surface area contributed by atoms with E-state index in [0.29, 0.717) is 0 Å². The minimum atomic E-state index is 0.730. The first-order valence-electron chi connectivity index (χ1n) is 7.17. The van der Waals surface area contributed by atoms with Crippen LogP contribution in [-0.2, 0) is 11.3 Å². The molecule has 1 fully saturated rings. The Balaban J connectivity index is 1.50. The summed E-state index contributed by atoms with van der Waals surface area (Å²) in [6.07, 6.45) is 4.14. The van der Waals surface area contributed by atoms with Gasteiger partial charge in [0, 0.05) is 19.8 Å². The Morgan fingerprint density at radius 1 is 1.20 bits per heavy atom. The number of aromatic nitrogens is 3. The van der Waals surface area contributed by atoms with E-state index < -0.39 is 0 Å². The summed E-state index contributed by atoms with van der Waals surface area (Å²) >= 11 is 0.